The summed E-state index contributed by atoms with van der Waals surface area (Å²) in [7, 11) is -3.72. The highest BCUT2D eigenvalue weighted by Gasteiger charge is 2.35. The monoisotopic (exact) mass is 541 g/mol. The van der Waals surface area contributed by atoms with Crippen molar-refractivity contribution in [1.82, 2.24) is 19.2 Å². The Kier molecular flexibility index (Phi) is 5.67. The average molecular weight is 542 g/mol. The van der Waals surface area contributed by atoms with E-state index in [4.69, 9.17) is 11.6 Å². The fraction of sp³-hybridized carbons (Fsp3) is 0.250. The Morgan fingerprint density at radius 1 is 1.08 bits per heavy atom. The summed E-state index contributed by atoms with van der Waals surface area (Å²) in [5, 5.41) is 14.1. The first-order chi connectivity index (χ1) is 17.3. The highest BCUT2D eigenvalue weighted by atomic mass is 35.5. The third-order valence-electron chi connectivity index (χ3n) is 6.60. The Morgan fingerprint density at radius 2 is 1.89 bits per heavy atom. The van der Waals surface area contributed by atoms with Crippen molar-refractivity contribution in [2.75, 3.05) is 26.2 Å². The maximum Gasteiger partial charge on any atom is 0.392 e. The Morgan fingerprint density at radius 3 is 2.69 bits per heavy atom. The van der Waals surface area contributed by atoms with Crippen molar-refractivity contribution in [2.24, 2.45) is 0 Å². The molecule has 0 radical (unpaired) electrons. The van der Waals surface area contributed by atoms with Gasteiger partial charge in [0.25, 0.3) is 10.0 Å². The number of pyridine rings is 1. The number of amides is 1. The second kappa shape index (κ2) is 8.77. The number of carbonyl (C=O) groups excluding carboxylic acids is 1. The van der Waals surface area contributed by atoms with E-state index in [9.17, 15) is 18.4 Å². The Balaban J connectivity index is 1.20. The molecule has 0 bridgehead atoms. The van der Waals surface area contributed by atoms with Crippen LogP contribution in [0.1, 0.15) is 21.9 Å². The van der Waals surface area contributed by atoms with Crippen LogP contribution in [0, 0.1) is 5.21 Å². The molecule has 1 aromatic carbocycles. The fourth-order valence-corrected chi connectivity index (χ4v) is 7.95. The van der Waals surface area contributed by atoms with Gasteiger partial charge >= 0.3 is 11.7 Å². The molecule has 4 aromatic rings. The van der Waals surface area contributed by atoms with E-state index < -0.39 is 15.9 Å². The van der Waals surface area contributed by atoms with Crippen LogP contribution in [0.3, 0.4) is 0 Å². The third-order valence-corrected chi connectivity index (χ3v) is 10.3. The van der Waals surface area contributed by atoms with Gasteiger partial charge < -0.3 is 10.1 Å². The molecule has 12 heteroatoms. The van der Waals surface area contributed by atoms with Crippen LogP contribution in [0.25, 0.3) is 21.2 Å². The van der Waals surface area contributed by atoms with Gasteiger partial charge in [-0.1, -0.05) is 17.7 Å². The number of aromatic nitrogens is 3. The lowest BCUT2D eigenvalue weighted by molar-refractivity contribution is -0.611. The lowest BCUT2D eigenvalue weighted by atomic mass is 9.91. The van der Waals surface area contributed by atoms with Crippen molar-refractivity contribution >= 4 is 49.0 Å². The zero-order chi connectivity index (χ0) is 25.0. The molecule has 36 heavy (non-hydrogen) atoms. The lowest BCUT2D eigenvalue weighted by Gasteiger charge is -2.33. The molecule has 1 fully saturated rings. The quantitative estimate of drug-likeness (QED) is 0.291. The van der Waals surface area contributed by atoms with Gasteiger partial charge in [0, 0.05) is 54.7 Å². The maximum atomic E-state index is 13.2. The third kappa shape index (κ3) is 3.92. The van der Waals surface area contributed by atoms with Crippen molar-refractivity contribution in [3.63, 3.8) is 0 Å². The molecule has 0 unspecified atom stereocenters. The maximum absolute atomic E-state index is 13.2. The largest absolute Gasteiger partial charge is 0.710 e. The number of thiophene rings is 1. The van der Waals surface area contributed by atoms with Gasteiger partial charge in [-0.05, 0) is 52.2 Å². The minimum atomic E-state index is -3.72. The van der Waals surface area contributed by atoms with E-state index in [-0.39, 0.29) is 36.2 Å². The van der Waals surface area contributed by atoms with Crippen LogP contribution in [0.5, 0.6) is 0 Å². The van der Waals surface area contributed by atoms with Crippen LogP contribution in [0.2, 0.25) is 5.02 Å². The Labute approximate surface area is 216 Å². The van der Waals surface area contributed by atoms with E-state index in [0.29, 0.717) is 27.4 Å². The average Bonchev–Trinajstić information content (AvgIpc) is 3.32. The molecular weight excluding hydrogens is 522 g/mol. The van der Waals surface area contributed by atoms with Crippen LogP contribution in [-0.2, 0) is 22.9 Å². The molecule has 0 saturated carbocycles. The van der Waals surface area contributed by atoms with Crippen LogP contribution < -0.4 is 4.73 Å². The van der Waals surface area contributed by atoms with Crippen LogP contribution in [0.4, 0.5) is 0 Å². The van der Waals surface area contributed by atoms with Crippen LogP contribution >= 0.6 is 22.9 Å². The molecule has 1 amide bonds. The molecule has 9 nitrogen and oxygen atoms in total. The van der Waals surface area contributed by atoms with Gasteiger partial charge in [-0.15, -0.1) is 11.3 Å². The summed E-state index contributed by atoms with van der Waals surface area (Å²) in [5.74, 6) is -0.689. The number of fused-ring (bicyclic) bond motifs is 4. The van der Waals surface area contributed by atoms with Crippen LogP contribution in [-0.4, -0.2) is 59.7 Å². The summed E-state index contributed by atoms with van der Waals surface area (Å²) in [6.45, 7) is 0.602. The predicted molar refractivity (Wildman–Crippen MR) is 135 cm³/mol. The SMILES string of the molecule is O=C(c1nc2c(c[n+]1[O-])-c1ccncc1CC2)N1CCN(S(=O)(=O)c2cc3ccc(Cl)cc3s2)CC1. The summed E-state index contributed by atoms with van der Waals surface area (Å²) in [5.41, 5.74) is 3.37. The zero-order valence-electron chi connectivity index (χ0n) is 18.9. The minimum Gasteiger partial charge on any atom is -0.710 e. The van der Waals surface area contributed by atoms with Gasteiger partial charge in [-0.25, -0.2) is 13.1 Å². The van der Waals surface area contributed by atoms with Crippen molar-refractivity contribution in [1.29, 1.82) is 0 Å². The number of hydrogen-bond donors (Lipinski definition) is 0. The number of sulfonamides is 1. The molecule has 6 rings (SSSR count). The predicted octanol–water partition coefficient (Wildman–Crippen LogP) is 2.89. The van der Waals surface area contributed by atoms with E-state index in [1.807, 2.05) is 6.07 Å². The van der Waals surface area contributed by atoms with Crippen LogP contribution in [0.15, 0.2) is 53.1 Å². The summed E-state index contributed by atoms with van der Waals surface area (Å²) in [6.07, 6.45) is 6.21. The van der Waals surface area contributed by atoms with E-state index in [0.717, 1.165) is 27.6 Å². The number of aryl methyl sites for hydroxylation is 2. The number of halogens is 1. The molecule has 184 valence electrons. The smallest absolute Gasteiger partial charge is 0.392 e. The summed E-state index contributed by atoms with van der Waals surface area (Å²) in [6, 6.07) is 8.76. The highest BCUT2D eigenvalue weighted by Crippen LogP contribution is 2.33. The second-order valence-electron chi connectivity index (χ2n) is 8.73. The number of hydrogen-bond acceptors (Lipinski definition) is 7. The molecule has 3 aromatic heterocycles. The summed E-state index contributed by atoms with van der Waals surface area (Å²) >= 11 is 7.21. The standard InChI is InChI=1S/C24H20ClN5O4S2/c25-17-3-1-15-11-22(35-21(15)12-17)36(33,34)29-9-7-28(8-10-29)24(31)23-27-20-4-2-16-13-26-6-5-18(16)19(20)14-30(23)32/h1,3,5-6,11-14H,2,4,7-10H2. The first-order valence-electron chi connectivity index (χ1n) is 11.4. The van der Waals surface area contributed by atoms with Crippen molar-refractivity contribution in [2.45, 2.75) is 17.1 Å². The van der Waals surface area contributed by atoms with Gasteiger partial charge in [0.1, 0.15) is 10.4 Å². The molecule has 0 N–H and O–H groups in total. The molecule has 0 spiro atoms. The molecule has 1 aliphatic carbocycles. The summed E-state index contributed by atoms with van der Waals surface area (Å²) < 4.78 is 29.4. The zero-order valence-corrected chi connectivity index (χ0v) is 21.3. The number of rotatable bonds is 3. The fourth-order valence-electron chi connectivity index (χ4n) is 4.70. The number of carbonyl (C=O) groups is 1. The topological polar surface area (TPSA) is 110 Å². The van der Waals surface area contributed by atoms with Gasteiger partial charge in [-0.3, -0.25) is 9.78 Å². The van der Waals surface area contributed by atoms with Gasteiger partial charge in [0.15, 0.2) is 5.69 Å². The van der Waals surface area contributed by atoms with Crippen molar-refractivity contribution in [3.8, 4) is 11.1 Å². The normalized spacial score (nSPS) is 16.1. The molecule has 1 aliphatic heterocycles. The molecule has 4 heterocycles. The van der Waals surface area contributed by atoms with E-state index in [2.05, 4.69) is 9.97 Å². The van der Waals surface area contributed by atoms with Gasteiger partial charge in [0.05, 0.1) is 5.56 Å². The molecule has 0 atom stereocenters. The van der Waals surface area contributed by atoms with Crippen molar-refractivity contribution < 1.29 is 17.9 Å². The number of benzene rings is 1. The summed E-state index contributed by atoms with van der Waals surface area (Å²) in [4.78, 5) is 23.2. The molecular formula is C24H20ClN5O4S2. The molecule has 1 saturated heterocycles. The van der Waals surface area contributed by atoms with E-state index in [1.54, 1.807) is 36.7 Å². The second-order valence-corrected chi connectivity index (χ2v) is 12.4. The minimum absolute atomic E-state index is 0.132. The lowest BCUT2D eigenvalue weighted by Crippen LogP contribution is -2.52. The van der Waals surface area contributed by atoms with Crippen molar-refractivity contribution in [3.05, 3.63) is 76.2 Å². The number of nitrogens with zero attached hydrogens (tertiary/aromatic N) is 5. The van der Waals surface area contributed by atoms with E-state index >= 15 is 0 Å². The first kappa shape index (κ1) is 23.3. The first-order valence-corrected chi connectivity index (χ1v) is 14.0. The molecule has 2 aliphatic rings. The van der Waals surface area contributed by atoms with Gasteiger partial charge in [0.2, 0.25) is 0 Å². The highest BCUT2D eigenvalue weighted by molar-refractivity contribution is 7.91. The Hall–Kier alpha value is -3.12. The van der Waals surface area contributed by atoms with E-state index in [1.165, 1.54) is 26.7 Å². The Bertz CT molecular complexity index is 1630. The van der Waals surface area contributed by atoms with Gasteiger partial charge in [-0.2, -0.15) is 4.31 Å². The number of piperazine rings is 1.